The van der Waals surface area contributed by atoms with Crippen molar-refractivity contribution in [1.82, 2.24) is 9.78 Å². The van der Waals surface area contributed by atoms with Crippen molar-refractivity contribution in [2.45, 2.75) is 6.92 Å². The summed E-state index contributed by atoms with van der Waals surface area (Å²) in [7, 11) is 1.53. The second-order valence-electron chi connectivity index (χ2n) is 7.83. The molecular formula is C27H26N4O4. The smallest absolute Gasteiger partial charge is 0.411 e. The molecule has 0 atom stereocenters. The van der Waals surface area contributed by atoms with Crippen molar-refractivity contribution in [2.24, 2.45) is 0 Å². The Kier molecular flexibility index (Phi) is 7.54. The second kappa shape index (κ2) is 11.1. The number of benzene rings is 3. The van der Waals surface area contributed by atoms with Crippen LogP contribution in [-0.2, 0) is 9.47 Å². The van der Waals surface area contributed by atoms with E-state index >= 15 is 0 Å². The molecule has 0 aliphatic heterocycles. The highest BCUT2D eigenvalue weighted by Gasteiger charge is 2.19. The molecule has 8 nitrogen and oxygen atoms in total. The van der Waals surface area contributed by atoms with E-state index in [1.165, 1.54) is 7.11 Å². The van der Waals surface area contributed by atoms with Gasteiger partial charge in [-0.1, -0.05) is 48.0 Å². The summed E-state index contributed by atoms with van der Waals surface area (Å²) >= 11 is 0. The normalized spacial score (nSPS) is 10.6. The highest BCUT2D eigenvalue weighted by atomic mass is 16.6. The number of methoxy groups -OCH3 is 1. The Hall–Kier alpha value is -4.43. The lowest BCUT2D eigenvalue weighted by atomic mass is 10.1. The molecule has 4 aromatic rings. The molecule has 0 saturated carbocycles. The molecule has 35 heavy (non-hydrogen) atoms. The van der Waals surface area contributed by atoms with Crippen LogP contribution >= 0.6 is 0 Å². The number of hydrogen-bond acceptors (Lipinski definition) is 5. The van der Waals surface area contributed by atoms with Gasteiger partial charge in [0.1, 0.15) is 12.3 Å². The highest BCUT2D eigenvalue weighted by Crippen LogP contribution is 2.26. The summed E-state index contributed by atoms with van der Waals surface area (Å²) in [5.41, 5.74) is 4.77. The van der Waals surface area contributed by atoms with Crippen molar-refractivity contribution >= 4 is 23.4 Å². The van der Waals surface area contributed by atoms with Crippen molar-refractivity contribution in [2.75, 3.05) is 31.0 Å². The van der Waals surface area contributed by atoms with Crippen LogP contribution in [0.1, 0.15) is 15.9 Å². The lowest BCUT2D eigenvalue weighted by Crippen LogP contribution is -2.17. The van der Waals surface area contributed by atoms with Crippen molar-refractivity contribution in [1.29, 1.82) is 0 Å². The zero-order valence-electron chi connectivity index (χ0n) is 19.5. The van der Waals surface area contributed by atoms with E-state index in [2.05, 4.69) is 10.6 Å². The first-order valence-electron chi connectivity index (χ1n) is 11.1. The van der Waals surface area contributed by atoms with Gasteiger partial charge in [-0.3, -0.25) is 10.1 Å². The molecule has 0 aliphatic rings. The van der Waals surface area contributed by atoms with Crippen molar-refractivity contribution < 1.29 is 19.1 Å². The van der Waals surface area contributed by atoms with Crippen LogP contribution in [0, 0.1) is 6.92 Å². The number of carbonyl (C=O) groups excluding carboxylic acids is 2. The molecule has 2 N–H and O–H groups in total. The minimum Gasteiger partial charge on any atom is -0.447 e. The first-order chi connectivity index (χ1) is 17.0. The van der Waals surface area contributed by atoms with Crippen LogP contribution in [0.2, 0.25) is 0 Å². The van der Waals surface area contributed by atoms with Crippen molar-refractivity contribution in [3.63, 3.8) is 0 Å². The third-order valence-electron chi connectivity index (χ3n) is 5.16. The highest BCUT2D eigenvalue weighted by molar-refractivity contribution is 6.08. The van der Waals surface area contributed by atoms with Gasteiger partial charge in [-0.05, 0) is 43.3 Å². The fourth-order valence-electron chi connectivity index (χ4n) is 3.50. The molecule has 0 radical (unpaired) electrons. The average molecular weight is 471 g/mol. The number of aryl methyl sites for hydroxylation is 1. The van der Waals surface area contributed by atoms with Crippen LogP contribution in [-0.4, -0.2) is 42.1 Å². The molecular weight excluding hydrogens is 444 g/mol. The maximum Gasteiger partial charge on any atom is 0.411 e. The number of amides is 2. The standard InChI is InChI=1S/C27H26N4O4/c1-19-8-6-9-20(16-19)25-24(18-31(30-25)23-12-4-3-5-13-23)26(32)28-21-10-7-11-22(17-21)29-27(33)35-15-14-34-2/h3-13,16-18H,14-15H2,1-2H3,(H,28,32)(H,29,33). The number of nitrogens with one attached hydrogen (secondary N) is 2. The number of ether oxygens (including phenoxy) is 2. The number of para-hydroxylation sites is 1. The Bertz CT molecular complexity index is 1320. The van der Waals surface area contributed by atoms with Crippen molar-refractivity contribution in [3.05, 3.63) is 96.2 Å². The van der Waals surface area contributed by atoms with Gasteiger partial charge in [-0.15, -0.1) is 0 Å². The molecule has 0 saturated heterocycles. The SMILES string of the molecule is COCCOC(=O)Nc1cccc(NC(=O)c2cn(-c3ccccc3)nc2-c2cccc(C)c2)c1. The summed E-state index contributed by atoms with van der Waals surface area (Å²) in [5.74, 6) is -0.316. The summed E-state index contributed by atoms with van der Waals surface area (Å²) in [4.78, 5) is 25.3. The van der Waals surface area contributed by atoms with E-state index in [0.717, 1.165) is 16.8 Å². The van der Waals surface area contributed by atoms with E-state index in [9.17, 15) is 9.59 Å². The third-order valence-corrected chi connectivity index (χ3v) is 5.16. The predicted octanol–water partition coefficient (Wildman–Crippen LogP) is 5.29. The van der Waals surface area contributed by atoms with Gasteiger partial charge < -0.3 is 14.8 Å². The largest absolute Gasteiger partial charge is 0.447 e. The molecule has 0 aliphatic carbocycles. The fraction of sp³-hybridized carbons (Fsp3) is 0.148. The molecule has 0 bridgehead atoms. The van der Waals surface area contributed by atoms with Crippen molar-refractivity contribution in [3.8, 4) is 16.9 Å². The van der Waals surface area contributed by atoms with E-state index in [0.29, 0.717) is 29.2 Å². The average Bonchev–Trinajstić information content (AvgIpc) is 3.31. The second-order valence-corrected chi connectivity index (χ2v) is 7.83. The molecule has 178 valence electrons. The molecule has 1 heterocycles. The molecule has 8 heteroatoms. The summed E-state index contributed by atoms with van der Waals surface area (Å²) in [6.07, 6.45) is 1.12. The number of hydrogen-bond donors (Lipinski definition) is 2. The number of carbonyl (C=O) groups is 2. The van der Waals surface area contributed by atoms with Gasteiger partial charge in [-0.25, -0.2) is 9.48 Å². The van der Waals surface area contributed by atoms with Gasteiger partial charge in [0.25, 0.3) is 5.91 Å². The molecule has 0 unspecified atom stereocenters. The molecule has 4 rings (SSSR count). The van der Waals surface area contributed by atoms with Gasteiger partial charge in [0, 0.05) is 30.2 Å². The monoisotopic (exact) mass is 470 g/mol. The van der Waals surface area contributed by atoms with Gasteiger partial charge in [-0.2, -0.15) is 5.10 Å². The molecule has 0 fully saturated rings. The van der Waals surface area contributed by atoms with E-state index in [1.807, 2.05) is 61.5 Å². The Morgan fingerprint density at radius 2 is 1.63 bits per heavy atom. The van der Waals surface area contributed by atoms with E-state index in [1.54, 1.807) is 35.1 Å². The number of aromatic nitrogens is 2. The maximum atomic E-state index is 13.4. The predicted molar refractivity (Wildman–Crippen MR) is 135 cm³/mol. The fourth-order valence-corrected chi connectivity index (χ4v) is 3.50. The van der Waals surface area contributed by atoms with Gasteiger partial charge in [0.05, 0.1) is 17.9 Å². The summed E-state index contributed by atoms with van der Waals surface area (Å²) in [6, 6.07) is 24.3. The van der Waals surface area contributed by atoms with Crippen LogP contribution in [0.15, 0.2) is 85.1 Å². The zero-order chi connectivity index (χ0) is 24.6. The van der Waals surface area contributed by atoms with Crippen LogP contribution in [0.5, 0.6) is 0 Å². The maximum absolute atomic E-state index is 13.4. The number of anilines is 2. The summed E-state index contributed by atoms with van der Waals surface area (Å²) < 4.78 is 11.6. The van der Waals surface area contributed by atoms with E-state index < -0.39 is 6.09 Å². The zero-order valence-corrected chi connectivity index (χ0v) is 19.5. The molecule has 0 spiro atoms. The summed E-state index contributed by atoms with van der Waals surface area (Å²) in [5, 5.41) is 10.3. The number of nitrogens with zero attached hydrogens (tertiary/aromatic N) is 2. The lowest BCUT2D eigenvalue weighted by molar-refractivity contribution is 0.102. The minimum absolute atomic E-state index is 0.145. The molecule has 1 aromatic heterocycles. The van der Waals surface area contributed by atoms with Crippen LogP contribution in [0.4, 0.5) is 16.2 Å². The van der Waals surface area contributed by atoms with E-state index in [4.69, 9.17) is 14.6 Å². The Morgan fingerprint density at radius 1 is 0.886 bits per heavy atom. The first-order valence-corrected chi connectivity index (χ1v) is 11.1. The topological polar surface area (TPSA) is 94.5 Å². The molecule has 2 amide bonds. The van der Waals surface area contributed by atoms with E-state index in [-0.39, 0.29) is 12.5 Å². The van der Waals surface area contributed by atoms with Crippen LogP contribution in [0.3, 0.4) is 0 Å². The van der Waals surface area contributed by atoms with Gasteiger partial charge >= 0.3 is 6.09 Å². The minimum atomic E-state index is -0.601. The first kappa shape index (κ1) is 23.7. The molecule has 3 aromatic carbocycles. The van der Waals surface area contributed by atoms with Gasteiger partial charge in [0.2, 0.25) is 0 Å². The van der Waals surface area contributed by atoms with Crippen LogP contribution in [0.25, 0.3) is 16.9 Å². The van der Waals surface area contributed by atoms with Gasteiger partial charge in [0.15, 0.2) is 0 Å². The van der Waals surface area contributed by atoms with Crippen LogP contribution < -0.4 is 10.6 Å². The Labute approximate surface area is 203 Å². The third kappa shape index (κ3) is 6.13. The quantitative estimate of drug-likeness (QED) is 0.341. The Morgan fingerprint density at radius 3 is 2.37 bits per heavy atom. The Balaban J connectivity index is 1.58. The summed E-state index contributed by atoms with van der Waals surface area (Å²) in [6.45, 7) is 2.45. The lowest BCUT2D eigenvalue weighted by Gasteiger charge is -2.09. The number of rotatable bonds is 8.